The maximum atomic E-state index is 10.5. The summed E-state index contributed by atoms with van der Waals surface area (Å²) in [4.78, 5) is 13.5. The van der Waals surface area contributed by atoms with Crippen molar-refractivity contribution in [3.8, 4) is 0 Å². The first-order valence-electron chi connectivity index (χ1n) is 4.56. The van der Waals surface area contributed by atoms with Gasteiger partial charge in [0.25, 0.3) is 0 Å². The molecular weight excluding hydrogens is 192 g/mol. The summed E-state index contributed by atoms with van der Waals surface area (Å²) in [5.74, 6) is -1.31. The van der Waals surface area contributed by atoms with Crippen molar-refractivity contribution < 1.29 is 9.90 Å². The lowest BCUT2D eigenvalue weighted by atomic mass is 10.1. The van der Waals surface area contributed by atoms with Gasteiger partial charge in [0.05, 0.1) is 12.0 Å². The van der Waals surface area contributed by atoms with Gasteiger partial charge >= 0.3 is 0 Å². The molecule has 0 amide bonds. The van der Waals surface area contributed by atoms with Crippen LogP contribution in [0.25, 0.3) is 10.9 Å². The number of rotatable bonds is 3. The molecule has 0 saturated heterocycles. The molecule has 0 aliphatic heterocycles. The van der Waals surface area contributed by atoms with Gasteiger partial charge in [0.1, 0.15) is 0 Å². The van der Waals surface area contributed by atoms with E-state index in [1.165, 1.54) is 0 Å². The fourth-order valence-corrected chi connectivity index (χ4v) is 1.56. The Morgan fingerprint density at radius 2 is 2.13 bits per heavy atom. The van der Waals surface area contributed by atoms with Crippen LogP contribution in [0, 0.1) is 6.04 Å². The Morgan fingerprint density at radius 1 is 1.40 bits per heavy atom. The van der Waals surface area contributed by atoms with Crippen molar-refractivity contribution in [3.63, 3.8) is 0 Å². The molecule has 0 aliphatic carbocycles. The third-order valence-corrected chi connectivity index (χ3v) is 2.32. The molecule has 3 N–H and O–H groups in total. The Kier molecular flexibility index (Phi) is 2.43. The van der Waals surface area contributed by atoms with Gasteiger partial charge in [0.2, 0.25) is 0 Å². The zero-order valence-electron chi connectivity index (χ0n) is 7.99. The molecule has 1 aromatic carbocycles. The minimum Gasteiger partial charge on any atom is -0.548 e. The lowest BCUT2D eigenvalue weighted by Crippen LogP contribution is -2.36. The number of fused-ring (bicyclic) bond motifs is 1. The van der Waals surface area contributed by atoms with Crippen LogP contribution in [-0.2, 0) is 11.2 Å². The molecule has 0 fully saturated rings. The number of hydrogen-bond acceptors (Lipinski definition) is 3. The lowest BCUT2D eigenvalue weighted by Gasteiger charge is -2.10. The summed E-state index contributed by atoms with van der Waals surface area (Å²) < 4.78 is 0. The predicted octanol–water partition coefficient (Wildman–Crippen LogP) is -0.0490. The van der Waals surface area contributed by atoms with Crippen molar-refractivity contribution in [1.29, 1.82) is 0 Å². The maximum Gasteiger partial charge on any atom is 0.0837 e. The molecule has 4 heteroatoms. The summed E-state index contributed by atoms with van der Waals surface area (Å²) in [6, 6.07) is 7.50. The van der Waals surface area contributed by atoms with Crippen molar-refractivity contribution in [1.82, 2.24) is 4.98 Å². The van der Waals surface area contributed by atoms with Gasteiger partial charge in [-0.1, -0.05) is 18.2 Å². The lowest BCUT2D eigenvalue weighted by molar-refractivity contribution is -0.302. The Labute approximate surface area is 86.7 Å². The van der Waals surface area contributed by atoms with Gasteiger partial charge in [-0.3, -0.25) is 0 Å². The van der Waals surface area contributed by atoms with E-state index >= 15 is 0 Å². The van der Waals surface area contributed by atoms with E-state index in [2.05, 4.69) is 4.98 Å². The molecular formula is C11H10N2O2-. The fourth-order valence-electron chi connectivity index (χ4n) is 1.56. The van der Waals surface area contributed by atoms with Crippen molar-refractivity contribution in [2.75, 3.05) is 0 Å². The highest BCUT2D eigenvalue weighted by Crippen LogP contribution is 2.19. The molecule has 1 radical (unpaired) electrons. The zero-order chi connectivity index (χ0) is 10.8. The zero-order valence-corrected chi connectivity index (χ0v) is 7.99. The fraction of sp³-hybridized carbons (Fsp3) is 0.0909. The second kappa shape index (κ2) is 3.74. The number of carboxylic acid groups (broad SMARTS) is 1. The second-order valence-electron chi connectivity index (χ2n) is 3.35. The van der Waals surface area contributed by atoms with E-state index in [-0.39, 0.29) is 12.5 Å². The van der Waals surface area contributed by atoms with Crippen LogP contribution in [0.2, 0.25) is 0 Å². The largest absolute Gasteiger partial charge is 0.548 e. The van der Waals surface area contributed by atoms with E-state index in [4.69, 9.17) is 5.73 Å². The first-order chi connectivity index (χ1) is 7.18. The number of para-hydroxylation sites is 1. The Morgan fingerprint density at radius 3 is 2.87 bits per heavy atom. The Bertz CT molecular complexity index is 490. The highest BCUT2D eigenvalue weighted by Gasteiger charge is 2.09. The van der Waals surface area contributed by atoms with Crippen molar-refractivity contribution in [2.45, 2.75) is 6.42 Å². The molecule has 2 aromatic rings. The molecule has 0 unspecified atom stereocenters. The van der Waals surface area contributed by atoms with E-state index in [0.29, 0.717) is 0 Å². The normalized spacial score (nSPS) is 11.1. The Balaban J connectivity index is 2.32. The summed E-state index contributed by atoms with van der Waals surface area (Å²) in [6.45, 7) is 0. The van der Waals surface area contributed by atoms with Gasteiger partial charge in [-0.2, -0.15) is 0 Å². The minimum absolute atomic E-state index is 0.153. The molecule has 0 spiro atoms. The van der Waals surface area contributed by atoms with Crippen molar-refractivity contribution >= 4 is 16.9 Å². The summed E-state index contributed by atoms with van der Waals surface area (Å²) in [6.07, 6.45) is 1.97. The van der Waals surface area contributed by atoms with Crippen LogP contribution in [-0.4, -0.2) is 11.0 Å². The average Bonchev–Trinajstić information content (AvgIpc) is 2.62. The van der Waals surface area contributed by atoms with E-state index in [1.54, 1.807) is 6.20 Å². The molecule has 77 valence electrons. The topological polar surface area (TPSA) is 81.9 Å². The van der Waals surface area contributed by atoms with E-state index in [0.717, 1.165) is 16.5 Å². The number of carbonyl (C=O) groups is 1. The van der Waals surface area contributed by atoms with Crippen LogP contribution in [0.3, 0.4) is 0 Å². The number of nitrogens with two attached hydrogens (primary N) is 1. The van der Waals surface area contributed by atoms with Crippen LogP contribution < -0.4 is 10.8 Å². The summed E-state index contributed by atoms with van der Waals surface area (Å²) in [7, 11) is 0. The smallest absolute Gasteiger partial charge is 0.0837 e. The molecule has 2 rings (SSSR count). The van der Waals surface area contributed by atoms with Gasteiger partial charge < -0.3 is 20.6 Å². The number of aromatic nitrogens is 1. The predicted molar refractivity (Wildman–Crippen MR) is 54.4 cm³/mol. The number of carbonyl (C=O) groups excluding carboxylic acids is 1. The number of H-pyrrole nitrogens is 1. The first kappa shape index (κ1) is 9.73. The minimum atomic E-state index is -1.31. The molecule has 15 heavy (non-hydrogen) atoms. The second-order valence-corrected chi connectivity index (χ2v) is 3.35. The van der Waals surface area contributed by atoms with Crippen LogP contribution in [0.1, 0.15) is 5.56 Å². The number of aromatic amines is 1. The summed E-state index contributed by atoms with van der Waals surface area (Å²) in [5.41, 5.74) is 7.18. The maximum absolute atomic E-state index is 10.5. The molecule has 4 nitrogen and oxygen atoms in total. The quantitative estimate of drug-likeness (QED) is 0.732. The SMILES string of the molecule is N[C](Cc1c[nH]c2ccccc12)C(=O)[O-]. The van der Waals surface area contributed by atoms with E-state index < -0.39 is 5.97 Å². The number of hydrogen-bond donors (Lipinski definition) is 2. The summed E-state index contributed by atoms with van der Waals surface area (Å²) in [5, 5.41) is 11.5. The third-order valence-electron chi connectivity index (χ3n) is 2.32. The highest BCUT2D eigenvalue weighted by atomic mass is 16.4. The molecule has 1 heterocycles. The standard InChI is InChI=1S/C11H11N2O2/c12-9(11(14)15)5-7-6-13-10-4-2-1-3-8(7)10/h1-4,6,13H,5,12H2,(H,14,15)/p-1. The van der Waals surface area contributed by atoms with Gasteiger partial charge in [0, 0.05) is 23.5 Å². The third kappa shape index (κ3) is 1.85. The highest BCUT2D eigenvalue weighted by molar-refractivity contribution is 5.86. The molecule has 0 saturated carbocycles. The molecule has 0 atom stereocenters. The summed E-state index contributed by atoms with van der Waals surface area (Å²) >= 11 is 0. The molecule has 1 aromatic heterocycles. The van der Waals surface area contributed by atoms with Crippen LogP contribution >= 0.6 is 0 Å². The first-order valence-corrected chi connectivity index (χ1v) is 4.56. The van der Waals surface area contributed by atoms with Gasteiger partial charge in [-0.15, -0.1) is 0 Å². The van der Waals surface area contributed by atoms with Crippen LogP contribution in [0.4, 0.5) is 0 Å². The monoisotopic (exact) mass is 202 g/mol. The van der Waals surface area contributed by atoms with Gasteiger partial charge in [-0.25, -0.2) is 0 Å². The number of aliphatic carboxylic acids is 1. The van der Waals surface area contributed by atoms with Crippen LogP contribution in [0.5, 0.6) is 0 Å². The molecule has 0 bridgehead atoms. The Hall–Kier alpha value is -1.81. The average molecular weight is 202 g/mol. The number of nitrogens with one attached hydrogen (secondary N) is 1. The van der Waals surface area contributed by atoms with Crippen molar-refractivity contribution in [2.24, 2.45) is 5.73 Å². The van der Waals surface area contributed by atoms with E-state index in [9.17, 15) is 9.90 Å². The number of carboxylic acids is 1. The van der Waals surface area contributed by atoms with Crippen molar-refractivity contribution in [3.05, 3.63) is 42.1 Å². The van der Waals surface area contributed by atoms with E-state index in [1.807, 2.05) is 24.3 Å². The number of benzene rings is 1. The molecule has 0 aliphatic rings. The van der Waals surface area contributed by atoms with Crippen LogP contribution in [0.15, 0.2) is 30.5 Å². The van der Waals surface area contributed by atoms with Gasteiger partial charge in [0.15, 0.2) is 0 Å². The van der Waals surface area contributed by atoms with Gasteiger partial charge in [-0.05, 0) is 11.6 Å².